The Bertz CT molecular complexity index is 1220. The maximum absolute atomic E-state index is 12.8. The average molecular weight is 428 g/mol. The van der Waals surface area contributed by atoms with Crippen LogP contribution in [0.2, 0.25) is 0 Å². The number of benzene rings is 2. The van der Waals surface area contributed by atoms with Crippen LogP contribution in [0.15, 0.2) is 60.8 Å². The molecule has 0 saturated heterocycles. The number of amides is 1. The first-order valence-electron chi connectivity index (χ1n) is 11.0. The number of aromatic nitrogens is 4. The summed E-state index contributed by atoms with van der Waals surface area (Å²) in [5.74, 6) is -0.0838. The van der Waals surface area contributed by atoms with Gasteiger partial charge in [-0.05, 0) is 69.5 Å². The standard InChI is InChI=1S/C26H29N5O/c1-5-25-24(17-28-31(25)23-10-6-18(2)7-11-23)26(32)27-15-14-21-8-12-22(13-9-21)30-20(4)16-19(3)29-30/h6-13,16-17H,5,14-15H2,1-4H3,(H,27,32). The van der Waals surface area contributed by atoms with Gasteiger partial charge in [-0.25, -0.2) is 9.36 Å². The van der Waals surface area contributed by atoms with Gasteiger partial charge in [-0.3, -0.25) is 4.79 Å². The van der Waals surface area contributed by atoms with E-state index in [4.69, 9.17) is 0 Å². The third kappa shape index (κ3) is 4.49. The summed E-state index contributed by atoms with van der Waals surface area (Å²) in [6.45, 7) is 8.71. The Kier molecular flexibility index (Phi) is 6.21. The Morgan fingerprint density at radius 1 is 0.938 bits per heavy atom. The van der Waals surface area contributed by atoms with Crippen molar-refractivity contribution in [3.63, 3.8) is 0 Å². The molecule has 0 unspecified atom stereocenters. The quantitative estimate of drug-likeness (QED) is 0.472. The van der Waals surface area contributed by atoms with E-state index in [1.165, 1.54) is 11.1 Å². The highest BCUT2D eigenvalue weighted by molar-refractivity contribution is 5.95. The first-order valence-corrected chi connectivity index (χ1v) is 11.0. The van der Waals surface area contributed by atoms with Gasteiger partial charge in [0.1, 0.15) is 0 Å². The molecule has 164 valence electrons. The van der Waals surface area contributed by atoms with E-state index in [-0.39, 0.29) is 5.91 Å². The minimum atomic E-state index is -0.0838. The van der Waals surface area contributed by atoms with E-state index in [0.29, 0.717) is 12.1 Å². The summed E-state index contributed by atoms with van der Waals surface area (Å²) in [5, 5.41) is 12.0. The van der Waals surface area contributed by atoms with E-state index >= 15 is 0 Å². The van der Waals surface area contributed by atoms with Gasteiger partial charge in [0, 0.05) is 12.2 Å². The minimum Gasteiger partial charge on any atom is -0.352 e. The number of carbonyl (C=O) groups is 1. The molecule has 0 spiro atoms. The number of rotatable bonds is 7. The number of nitrogens with one attached hydrogen (secondary N) is 1. The lowest BCUT2D eigenvalue weighted by molar-refractivity contribution is 0.0953. The summed E-state index contributed by atoms with van der Waals surface area (Å²) < 4.78 is 3.80. The number of hydrogen-bond donors (Lipinski definition) is 1. The molecule has 0 bridgehead atoms. The summed E-state index contributed by atoms with van der Waals surface area (Å²) in [6.07, 6.45) is 3.15. The molecule has 2 aromatic heterocycles. The molecular formula is C26H29N5O. The van der Waals surface area contributed by atoms with Crippen LogP contribution in [-0.4, -0.2) is 32.0 Å². The van der Waals surface area contributed by atoms with E-state index in [9.17, 15) is 4.79 Å². The fraction of sp³-hybridized carbons (Fsp3) is 0.269. The van der Waals surface area contributed by atoms with Crippen molar-refractivity contribution in [3.8, 4) is 11.4 Å². The molecule has 2 heterocycles. The van der Waals surface area contributed by atoms with E-state index < -0.39 is 0 Å². The molecule has 32 heavy (non-hydrogen) atoms. The highest BCUT2D eigenvalue weighted by Crippen LogP contribution is 2.17. The normalized spacial score (nSPS) is 11.0. The van der Waals surface area contributed by atoms with Crippen LogP contribution in [-0.2, 0) is 12.8 Å². The number of hydrogen-bond acceptors (Lipinski definition) is 3. The Morgan fingerprint density at radius 2 is 1.59 bits per heavy atom. The summed E-state index contributed by atoms with van der Waals surface area (Å²) in [4.78, 5) is 12.8. The Hall–Kier alpha value is -3.67. The van der Waals surface area contributed by atoms with Crippen LogP contribution in [0.25, 0.3) is 11.4 Å². The highest BCUT2D eigenvalue weighted by Gasteiger charge is 2.17. The highest BCUT2D eigenvalue weighted by atomic mass is 16.1. The molecule has 0 atom stereocenters. The fourth-order valence-electron chi connectivity index (χ4n) is 3.92. The molecule has 0 radical (unpaired) electrons. The largest absolute Gasteiger partial charge is 0.352 e. The van der Waals surface area contributed by atoms with E-state index in [1.807, 2.05) is 35.3 Å². The monoisotopic (exact) mass is 427 g/mol. The molecule has 2 aromatic carbocycles. The average Bonchev–Trinajstić information content (AvgIpc) is 3.37. The smallest absolute Gasteiger partial charge is 0.254 e. The minimum absolute atomic E-state index is 0.0838. The van der Waals surface area contributed by atoms with Gasteiger partial charge in [-0.2, -0.15) is 10.2 Å². The Labute approximate surface area is 188 Å². The van der Waals surface area contributed by atoms with Crippen molar-refractivity contribution in [2.24, 2.45) is 0 Å². The molecule has 0 aliphatic carbocycles. The molecule has 0 aliphatic rings. The van der Waals surface area contributed by atoms with Crippen LogP contribution in [0.1, 0.15) is 45.5 Å². The number of carbonyl (C=O) groups excluding carboxylic acids is 1. The lowest BCUT2D eigenvalue weighted by Crippen LogP contribution is -2.26. The molecule has 0 fully saturated rings. The van der Waals surface area contributed by atoms with Crippen molar-refractivity contribution in [1.82, 2.24) is 24.9 Å². The zero-order valence-corrected chi connectivity index (χ0v) is 19.1. The van der Waals surface area contributed by atoms with E-state index in [1.54, 1.807) is 6.20 Å². The van der Waals surface area contributed by atoms with Crippen LogP contribution in [0.4, 0.5) is 0 Å². The van der Waals surface area contributed by atoms with Gasteiger partial charge in [0.2, 0.25) is 0 Å². The van der Waals surface area contributed by atoms with Gasteiger partial charge in [-0.15, -0.1) is 0 Å². The SMILES string of the molecule is CCc1c(C(=O)NCCc2ccc(-n3nc(C)cc3C)cc2)cnn1-c1ccc(C)cc1. The number of nitrogens with zero attached hydrogens (tertiary/aromatic N) is 4. The topological polar surface area (TPSA) is 64.7 Å². The van der Waals surface area contributed by atoms with E-state index in [0.717, 1.165) is 41.3 Å². The zero-order valence-electron chi connectivity index (χ0n) is 19.1. The summed E-state index contributed by atoms with van der Waals surface area (Å²) in [7, 11) is 0. The summed E-state index contributed by atoms with van der Waals surface area (Å²) in [5.41, 5.74) is 8.04. The summed E-state index contributed by atoms with van der Waals surface area (Å²) >= 11 is 0. The Morgan fingerprint density at radius 3 is 2.22 bits per heavy atom. The fourth-order valence-corrected chi connectivity index (χ4v) is 3.92. The molecule has 4 aromatic rings. The first kappa shape index (κ1) is 21.6. The predicted octanol–water partition coefficient (Wildman–Crippen LogP) is 4.52. The lowest BCUT2D eigenvalue weighted by Gasteiger charge is -2.09. The number of aryl methyl sites for hydroxylation is 3. The van der Waals surface area contributed by atoms with Crippen molar-refractivity contribution in [3.05, 3.63) is 94.6 Å². The lowest BCUT2D eigenvalue weighted by atomic mass is 10.1. The van der Waals surface area contributed by atoms with Crippen LogP contribution in [0.5, 0.6) is 0 Å². The van der Waals surface area contributed by atoms with E-state index in [2.05, 4.69) is 71.8 Å². The third-order valence-electron chi connectivity index (χ3n) is 5.62. The van der Waals surface area contributed by atoms with Crippen molar-refractivity contribution in [2.75, 3.05) is 6.54 Å². The Balaban J connectivity index is 1.39. The molecule has 4 rings (SSSR count). The van der Waals surface area contributed by atoms with Crippen LogP contribution in [0.3, 0.4) is 0 Å². The van der Waals surface area contributed by atoms with Gasteiger partial charge in [-0.1, -0.05) is 36.8 Å². The molecule has 0 aliphatic heterocycles. The molecule has 0 saturated carbocycles. The summed E-state index contributed by atoms with van der Waals surface area (Å²) in [6, 6.07) is 18.5. The molecule has 1 N–H and O–H groups in total. The van der Waals surface area contributed by atoms with Crippen LogP contribution >= 0.6 is 0 Å². The second-order valence-electron chi connectivity index (χ2n) is 8.12. The van der Waals surface area contributed by atoms with Crippen molar-refractivity contribution in [2.45, 2.75) is 40.5 Å². The first-order chi connectivity index (χ1) is 15.5. The predicted molar refractivity (Wildman–Crippen MR) is 127 cm³/mol. The van der Waals surface area contributed by atoms with Gasteiger partial charge in [0.15, 0.2) is 0 Å². The third-order valence-corrected chi connectivity index (χ3v) is 5.62. The van der Waals surface area contributed by atoms with Crippen LogP contribution < -0.4 is 5.32 Å². The van der Waals surface area contributed by atoms with Crippen molar-refractivity contribution >= 4 is 5.91 Å². The van der Waals surface area contributed by atoms with Gasteiger partial charge in [0.05, 0.1) is 34.5 Å². The molecule has 1 amide bonds. The molecule has 6 nitrogen and oxygen atoms in total. The molecule has 6 heteroatoms. The van der Waals surface area contributed by atoms with Crippen molar-refractivity contribution < 1.29 is 4.79 Å². The van der Waals surface area contributed by atoms with Gasteiger partial charge < -0.3 is 5.32 Å². The molecular weight excluding hydrogens is 398 g/mol. The second kappa shape index (κ2) is 9.22. The maximum atomic E-state index is 12.8. The van der Waals surface area contributed by atoms with Crippen molar-refractivity contribution in [1.29, 1.82) is 0 Å². The van der Waals surface area contributed by atoms with Crippen LogP contribution in [0, 0.1) is 20.8 Å². The van der Waals surface area contributed by atoms with Gasteiger partial charge in [0.25, 0.3) is 5.91 Å². The second-order valence-corrected chi connectivity index (χ2v) is 8.12. The zero-order chi connectivity index (χ0) is 22.7. The maximum Gasteiger partial charge on any atom is 0.254 e. The van der Waals surface area contributed by atoms with Gasteiger partial charge >= 0.3 is 0 Å².